The van der Waals surface area contributed by atoms with Crippen molar-refractivity contribution in [1.82, 2.24) is 5.32 Å². The van der Waals surface area contributed by atoms with E-state index in [1.54, 1.807) is 20.8 Å². The van der Waals surface area contributed by atoms with Gasteiger partial charge in [0.1, 0.15) is 0 Å². The van der Waals surface area contributed by atoms with Crippen molar-refractivity contribution < 1.29 is 36.6 Å². The molecule has 2 aromatic carbocycles. The summed E-state index contributed by atoms with van der Waals surface area (Å²) in [6.45, 7) is 11.6. The van der Waals surface area contributed by atoms with E-state index in [0.29, 0.717) is 5.56 Å². The molecule has 1 atom stereocenters. The van der Waals surface area contributed by atoms with Gasteiger partial charge in [-0.2, -0.15) is 0 Å². The van der Waals surface area contributed by atoms with E-state index in [4.69, 9.17) is 9.47 Å². The molecule has 5 nitrogen and oxygen atoms in total. The van der Waals surface area contributed by atoms with E-state index in [1.807, 2.05) is 12.1 Å². The molecule has 2 rings (SSSR count). The zero-order chi connectivity index (χ0) is 31.5. The van der Waals surface area contributed by atoms with Crippen LogP contribution in [0.2, 0.25) is 13.3 Å². The molecule has 0 aliphatic rings. The second kappa shape index (κ2) is 16.5. The maximum absolute atomic E-state index is 14.2. The van der Waals surface area contributed by atoms with E-state index < -0.39 is 71.1 Å². The predicted molar refractivity (Wildman–Crippen MR) is 160 cm³/mol. The number of carbonyl (C=O) groups is 2. The first-order valence-corrected chi connectivity index (χ1v) is 22.4. The number of ether oxygens (including phenoxy) is 2. The number of esters is 1. The second-order valence-electron chi connectivity index (χ2n) is 11.9. The molecule has 0 fully saturated rings. The standard InChI is InChI=1S/C20H18F4NO4.3C4H9.Sn/c1-20(2,3)29-19(27)25-13(9-11-7-5-4-6-8-11)18(26)28-14-10-12(21)15(22)17(24)16(14)23;3*1-3-4-2;/h5-8,10,13H,9H2,1-3H3,(H,25,27);3*1,3-4H2,2H3;/t13-;;;;/m0..../s1. The predicted octanol–water partition coefficient (Wildman–Crippen LogP) is 8.34. The Morgan fingerprint density at radius 1 is 0.833 bits per heavy atom. The van der Waals surface area contributed by atoms with Crippen molar-refractivity contribution in [1.29, 1.82) is 0 Å². The Labute approximate surface area is 251 Å². The van der Waals surface area contributed by atoms with Gasteiger partial charge in [-0.15, -0.1) is 0 Å². The van der Waals surface area contributed by atoms with E-state index in [-0.39, 0.29) is 12.5 Å². The van der Waals surface area contributed by atoms with Gasteiger partial charge in [0.2, 0.25) is 0 Å². The molecule has 0 saturated heterocycles. The van der Waals surface area contributed by atoms with Crippen molar-refractivity contribution in [3.05, 3.63) is 59.2 Å². The van der Waals surface area contributed by atoms with Crippen LogP contribution in [-0.4, -0.2) is 42.1 Å². The third kappa shape index (κ3) is 10.5. The fourth-order valence-corrected chi connectivity index (χ4v) is 21.0. The SMILES string of the molecule is CCC[CH2][Sn]([CH2]CCC)([CH2]CCC)[c]1ccc(C[C@H](NC(=O)OC(C)(C)C)C(=O)Oc2cc(F)c(F)c(F)c2F)cc1. The molecule has 0 heterocycles. The van der Waals surface area contributed by atoms with Crippen LogP contribution in [0.1, 0.15) is 85.6 Å². The Morgan fingerprint density at radius 3 is 1.83 bits per heavy atom. The number of unbranched alkanes of at least 4 members (excludes halogenated alkanes) is 3. The average Bonchev–Trinajstić information content (AvgIpc) is 2.93. The summed E-state index contributed by atoms with van der Waals surface area (Å²) in [5.74, 6) is -9.99. The first-order valence-electron chi connectivity index (χ1n) is 14.9. The first-order chi connectivity index (χ1) is 19.8. The molecule has 0 saturated carbocycles. The van der Waals surface area contributed by atoms with Gasteiger partial charge in [0.25, 0.3) is 0 Å². The molecule has 10 heteroatoms. The molecule has 0 aliphatic heterocycles. The van der Waals surface area contributed by atoms with E-state index in [2.05, 4.69) is 38.2 Å². The van der Waals surface area contributed by atoms with Crippen LogP contribution < -0.4 is 13.6 Å². The molecule has 0 unspecified atom stereocenters. The fourth-order valence-electron chi connectivity index (χ4n) is 5.03. The molecule has 0 aromatic heterocycles. The van der Waals surface area contributed by atoms with Crippen LogP contribution in [0.4, 0.5) is 22.4 Å². The van der Waals surface area contributed by atoms with Crippen molar-refractivity contribution in [2.75, 3.05) is 0 Å². The molecule has 1 N–H and O–H groups in total. The summed E-state index contributed by atoms with van der Waals surface area (Å²) >= 11 is -2.70. The number of halogens is 4. The number of nitrogens with one attached hydrogen (secondary N) is 1. The van der Waals surface area contributed by atoms with Gasteiger partial charge in [-0.1, -0.05) is 0 Å². The summed E-state index contributed by atoms with van der Waals surface area (Å²) < 4.78 is 70.6. The molecule has 0 spiro atoms. The van der Waals surface area contributed by atoms with E-state index in [1.165, 1.54) is 36.2 Å². The van der Waals surface area contributed by atoms with Crippen LogP contribution in [0.15, 0.2) is 30.3 Å². The van der Waals surface area contributed by atoms with Crippen LogP contribution >= 0.6 is 0 Å². The van der Waals surface area contributed by atoms with Crippen molar-refractivity contribution in [3.8, 4) is 5.75 Å². The van der Waals surface area contributed by atoms with Crippen molar-refractivity contribution >= 4 is 34.0 Å². The topological polar surface area (TPSA) is 64.6 Å². The number of hydrogen-bond acceptors (Lipinski definition) is 4. The van der Waals surface area contributed by atoms with Gasteiger partial charge in [0, 0.05) is 0 Å². The number of alkyl carbamates (subject to hydrolysis) is 1. The monoisotopic (exact) mass is 703 g/mol. The Bertz CT molecular complexity index is 1160. The molecule has 42 heavy (non-hydrogen) atoms. The van der Waals surface area contributed by atoms with Crippen LogP contribution in [0.3, 0.4) is 0 Å². The Kier molecular flexibility index (Phi) is 14.1. The minimum atomic E-state index is -2.70. The van der Waals surface area contributed by atoms with Crippen LogP contribution in [0, 0.1) is 23.3 Å². The van der Waals surface area contributed by atoms with Crippen molar-refractivity contribution in [2.24, 2.45) is 0 Å². The fraction of sp³-hybridized carbons (Fsp3) is 0.562. The Balaban J connectivity index is 2.38. The van der Waals surface area contributed by atoms with Gasteiger partial charge in [0.15, 0.2) is 0 Å². The third-order valence-electron chi connectivity index (χ3n) is 7.29. The number of carbonyl (C=O) groups excluding carboxylic acids is 2. The van der Waals surface area contributed by atoms with Gasteiger partial charge in [-0.25, -0.2) is 4.39 Å². The molecular weight excluding hydrogens is 657 g/mol. The molecular formula is C32H45F4NO4Sn. The number of amides is 1. The summed E-state index contributed by atoms with van der Waals surface area (Å²) in [5, 5.41) is 2.42. The Morgan fingerprint density at radius 2 is 1.36 bits per heavy atom. The van der Waals surface area contributed by atoms with Crippen LogP contribution in [0.5, 0.6) is 5.75 Å². The minimum absolute atomic E-state index is 0.0481. The van der Waals surface area contributed by atoms with Gasteiger partial charge in [-0.3, -0.25) is 0 Å². The number of hydrogen-bond donors (Lipinski definition) is 1. The zero-order valence-corrected chi connectivity index (χ0v) is 28.5. The summed E-state index contributed by atoms with van der Waals surface area (Å²) in [7, 11) is 0. The second-order valence-corrected chi connectivity index (χ2v) is 25.1. The van der Waals surface area contributed by atoms with E-state index in [9.17, 15) is 27.2 Å². The van der Waals surface area contributed by atoms with Crippen molar-refractivity contribution in [2.45, 2.75) is 111 Å². The molecule has 0 bridgehead atoms. The number of benzene rings is 2. The molecule has 0 aliphatic carbocycles. The van der Waals surface area contributed by atoms with Gasteiger partial charge in [0.05, 0.1) is 0 Å². The summed E-state index contributed by atoms with van der Waals surface area (Å²) in [6.07, 6.45) is 6.10. The quantitative estimate of drug-likeness (QED) is 0.0507. The maximum atomic E-state index is 14.2. The molecule has 0 radical (unpaired) electrons. The average molecular weight is 702 g/mol. The summed E-state index contributed by atoms with van der Waals surface area (Å²) in [4.78, 5) is 25.6. The third-order valence-corrected chi connectivity index (χ3v) is 23.0. The van der Waals surface area contributed by atoms with Gasteiger partial charge >= 0.3 is 248 Å². The van der Waals surface area contributed by atoms with Crippen LogP contribution in [-0.2, 0) is 16.0 Å². The normalized spacial score (nSPS) is 12.6. The van der Waals surface area contributed by atoms with Crippen molar-refractivity contribution in [3.63, 3.8) is 0 Å². The molecule has 2 aromatic rings. The Hall–Kier alpha value is -2.30. The summed E-state index contributed by atoms with van der Waals surface area (Å²) in [5.41, 5.74) is -0.170. The first kappa shape index (κ1) is 35.9. The summed E-state index contributed by atoms with van der Waals surface area (Å²) in [6, 6.07) is 7.02. The van der Waals surface area contributed by atoms with E-state index >= 15 is 0 Å². The molecule has 234 valence electrons. The molecule has 1 amide bonds. The number of rotatable bonds is 15. The zero-order valence-electron chi connectivity index (χ0n) is 25.7. The van der Waals surface area contributed by atoms with E-state index in [0.717, 1.165) is 19.3 Å². The van der Waals surface area contributed by atoms with Gasteiger partial charge < -0.3 is 0 Å². The van der Waals surface area contributed by atoms with Crippen LogP contribution in [0.25, 0.3) is 0 Å². The van der Waals surface area contributed by atoms with Gasteiger partial charge in [-0.05, 0) is 0 Å².